The molecule has 32 heavy (non-hydrogen) atoms. The Morgan fingerprint density at radius 3 is 2.66 bits per heavy atom. The van der Waals surface area contributed by atoms with Crippen molar-refractivity contribution >= 4 is 23.3 Å². The summed E-state index contributed by atoms with van der Waals surface area (Å²) in [6.07, 6.45) is 1.87. The fourth-order valence-corrected chi connectivity index (χ4v) is 4.59. The second kappa shape index (κ2) is 10.2. The highest BCUT2D eigenvalue weighted by molar-refractivity contribution is 7.09. The van der Waals surface area contributed by atoms with E-state index in [1.165, 1.54) is 4.90 Å². The molecule has 0 radical (unpaired) electrons. The van der Waals surface area contributed by atoms with Gasteiger partial charge in [-0.25, -0.2) is 4.79 Å². The third kappa shape index (κ3) is 5.52. The number of fused-ring (bicyclic) bond motifs is 1. The van der Waals surface area contributed by atoms with Crippen LogP contribution >= 0.6 is 11.3 Å². The van der Waals surface area contributed by atoms with Crippen molar-refractivity contribution in [2.45, 2.75) is 32.0 Å². The fraction of sp³-hybridized carbons (Fsp3) is 0.478. The lowest BCUT2D eigenvalue weighted by atomic mass is 10.1. The number of urea groups is 1. The zero-order chi connectivity index (χ0) is 22.5. The second-order valence-electron chi connectivity index (χ2n) is 8.21. The zero-order valence-electron chi connectivity index (χ0n) is 18.5. The van der Waals surface area contributed by atoms with Gasteiger partial charge in [0, 0.05) is 38.7 Å². The van der Waals surface area contributed by atoms with Gasteiger partial charge in [0.2, 0.25) is 12.7 Å². The largest absolute Gasteiger partial charge is 0.454 e. The Labute approximate surface area is 192 Å². The van der Waals surface area contributed by atoms with E-state index in [2.05, 4.69) is 0 Å². The molecule has 3 heterocycles. The van der Waals surface area contributed by atoms with E-state index in [1.807, 2.05) is 35.7 Å². The number of thiophene rings is 1. The minimum atomic E-state index is -0.187. The first kappa shape index (κ1) is 22.4. The monoisotopic (exact) mass is 459 g/mol. The standard InChI is InChI=1S/C23H29N3O5S/c1-24(2)23(28)26(13-18-5-3-9-29-18)15-22(27)25(14-19-6-4-10-32-19)12-17-7-8-20-21(11-17)31-16-30-20/h4,6-8,10-11,18H,3,5,9,12-16H2,1-2H3. The molecule has 3 amide bonds. The number of carbonyl (C=O) groups is 2. The van der Waals surface area contributed by atoms with Crippen LogP contribution in [-0.4, -0.2) is 73.3 Å². The first-order chi connectivity index (χ1) is 15.5. The molecule has 2 aromatic rings. The summed E-state index contributed by atoms with van der Waals surface area (Å²) in [7, 11) is 3.40. The Hall–Kier alpha value is -2.78. The molecule has 9 heteroatoms. The minimum absolute atomic E-state index is 0.00675. The van der Waals surface area contributed by atoms with Crippen molar-refractivity contribution in [3.05, 3.63) is 46.2 Å². The Morgan fingerprint density at radius 2 is 1.94 bits per heavy atom. The average Bonchev–Trinajstić information content (AvgIpc) is 3.54. The number of nitrogens with zero attached hydrogens (tertiary/aromatic N) is 3. The molecule has 2 aliphatic rings. The molecule has 1 aromatic heterocycles. The predicted octanol–water partition coefficient (Wildman–Crippen LogP) is 3.17. The molecule has 8 nitrogen and oxygen atoms in total. The average molecular weight is 460 g/mol. The van der Waals surface area contributed by atoms with Crippen molar-refractivity contribution in [2.24, 2.45) is 0 Å². The van der Waals surface area contributed by atoms with E-state index in [1.54, 1.807) is 35.2 Å². The molecule has 0 saturated carbocycles. The number of hydrogen-bond donors (Lipinski definition) is 0. The number of amides is 3. The van der Waals surface area contributed by atoms with Gasteiger partial charge in [0.05, 0.1) is 12.6 Å². The van der Waals surface area contributed by atoms with E-state index in [9.17, 15) is 9.59 Å². The van der Waals surface area contributed by atoms with Gasteiger partial charge in [-0.3, -0.25) is 4.79 Å². The summed E-state index contributed by atoms with van der Waals surface area (Å²) in [5, 5.41) is 2.00. The molecule has 1 unspecified atom stereocenters. The number of benzene rings is 1. The van der Waals surface area contributed by atoms with Gasteiger partial charge in [-0.2, -0.15) is 0 Å². The fourth-order valence-electron chi connectivity index (χ4n) is 3.87. The van der Waals surface area contributed by atoms with Gasteiger partial charge in [-0.05, 0) is 42.0 Å². The van der Waals surface area contributed by atoms with Crippen molar-refractivity contribution in [1.29, 1.82) is 0 Å². The topological polar surface area (TPSA) is 71.6 Å². The van der Waals surface area contributed by atoms with Crippen LogP contribution in [0.25, 0.3) is 0 Å². The van der Waals surface area contributed by atoms with E-state index >= 15 is 0 Å². The lowest BCUT2D eigenvalue weighted by molar-refractivity contribution is -0.133. The Morgan fingerprint density at radius 1 is 1.09 bits per heavy atom. The molecular formula is C23H29N3O5S. The van der Waals surface area contributed by atoms with Gasteiger partial charge in [0.15, 0.2) is 11.5 Å². The van der Waals surface area contributed by atoms with Crippen LogP contribution in [0.1, 0.15) is 23.3 Å². The summed E-state index contributed by atoms with van der Waals surface area (Å²) in [5.74, 6) is 1.29. The molecule has 0 N–H and O–H groups in total. The number of ether oxygens (including phenoxy) is 3. The molecule has 1 saturated heterocycles. The molecule has 1 aromatic carbocycles. The summed E-state index contributed by atoms with van der Waals surface area (Å²) in [4.78, 5) is 32.2. The summed E-state index contributed by atoms with van der Waals surface area (Å²) >= 11 is 1.61. The van der Waals surface area contributed by atoms with Gasteiger partial charge < -0.3 is 28.9 Å². The maximum absolute atomic E-state index is 13.4. The highest BCUT2D eigenvalue weighted by Crippen LogP contribution is 2.33. The first-order valence-corrected chi connectivity index (χ1v) is 11.6. The SMILES string of the molecule is CN(C)C(=O)N(CC(=O)N(Cc1ccc2c(c1)OCO2)Cc1cccs1)CC1CCCO1. The Kier molecular flexibility index (Phi) is 7.16. The van der Waals surface area contributed by atoms with Gasteiger partial charge in [-0.1, -0.05) is 12.1 Å². The molecule has 1 fully saturated rings. The Bertz CT molecular complexity index is 928. The molecule has 4 rings (SSSR count). The first-order valence-electron chi connectivity index (χ1n) is 10.8. The van der Waals surface area contributed by atoms with Crippen LogP contribution in [0.5, 0.6) is 11.5 Å². The van der Waals surface area contributed by atoms with Crippen molar-refractivity contribution < 1.29 is 23.8 Å². The highest BCUT2D eigenvalue weighted by atomic mass is 32.1. The summed E-state index contributed by atoms with van der Waals surface area (Å²) in [5.41, 5.74) is 0.948. The third-order valence-corrected chi connectivity index (χ3v) is 6.38. The summed E-state index contributed by atoms with van der Waals surface area (Å²) in [6.45, 7) is 2.23. The maximum atomic E-state index is 13.4. The highest BCUT2D eigenvalue weighted by Gasteiger charge is 2.27. The van der Waals surface area contributed by atoms with E-state index in [0.29, 0.717) is 37.7 Å². The molecule has 1 atom stereocenters. The van der Waals surface area contributed by atoms with Crippen molar-refractivity contribution in [2.75, 3.05) is 40.6 Å². The van der Waals surface area contributed by atoms with Crippen LogP contribution in [-0.2, 0) is 22.6 Å². The second-order valence-corrected chi connectivity index (χ2v) is 9.24. The van der Waals surface area contributed by atoms with Gasteiger partial charge in [-0.15, -0.1) is 11.3 Å². The van der Waals surface area contributed by atoms with E-state index in [4.69, 9.17) is 14.2 Å². The number of carbonyl (C=O) groups excluding carboxylic acids is 2. The molecular weight excluding hydrogens is 430 g/mol. The van der Waals surface area contributed by atoms with Gasteiger partial charge in [0.1, 0.15) is 6.54 Å². The van der Waals surface area contributed by atoms with Gasteiger partial charge in [0.25, 0.3) is 0 Å². The number of hydrogen-bond acceptors (Lipinski definition) is 6. The lowest BCUT2D eigenvalue weighted by Gasteiger charge is -2.30. The molecule has 2 aliphatic heterocycles. The van der Waals surface area contributed by atoms with Crippen molar-refractivity contribution in [3.8, 4) is 11.5 Å². The van der Waals surface area contributed by atoms with Crippen LogP contribution < -0.4 is 9.47 Å². The van der Waals surface area contributed by atoms with Crippen molar-refractivity contribution in [1.82, 2.24) is 14.7 Å². The van der Waals surface area contributed by atoms with Gasteiger partial charge >= 0.3 is 6.03 Å². The van der Waals surface area contributed by atoms with Crippen LogP contribution in [0.15, 0.2) is 35.7 Å². The lowest BCUT2D eigenvalue weighted by Crippen LogP contribution is -2.48. The zero-order valence-corrected chi connectivity index (χ0v) is 19.3. The molecule has 0 aliphatic carbocycles. The number of rotatable bonds is 8. The Balaban J connectivity index is 1.50. The normalized spacial score (nSPS) is 16.8. The smallest absolute Gasteiger partial charge is 0.320 e. The molecule has 172 valence electrons. The van der Waals surface area contributed by atoms with Crippen LogP contribution in [0.2, 0.25) is 0 Å². The van der Waals surface area contributed by atoms with E-state index < -0.39 is 0 Å². The summed E-state index contributed by atoms with van der Waals surface area (Å²) in [6, 6.07) is 9.52. The maximum Gasteiger partial charge on any atom is 0.320 e. The van der Waals surface area contributed by atoms with E-state index in [-0.39, 0.29) is 31.4 Å². The van der Waals surface area contributed by atoms with Crippen LogP contribution in [0.4, 0.5) is 4.79 Å². The van der Waals surface area contributed by atoms with Crippen molar-refractivity contribution in [3.63, 3.8) is 0 Å². The van der Waals surface area contributed by atoms with E-state index in [0.717, 1.165) is 23.3 Å². The van der Waals surface area contributed by atoms with Crippen LogP contribution in [0, 0.1) is 0 Å². The third-order valence-electron chi connectivity index (χ3n) is 5.52. The molecule has 0 bridgehead atoms. The van der Waals surface area contributed by atoms with Crippen LogP contribution in [0.3, 0.4) is 0 Å². The quantitative estimate of drug-likeness (QED) is 0.606. The molecule has 0 spiro atoms. The minimum Gasteiger partial charge on any atom is -0.454 e. The predicted molar refractivity (Wildman–Crippen MR) is 121 cm³/mol. The summed E-state index contributed by atoms with van der Waals surface area (Å²) < 4.78 is 16.6.